The van der Waals surface area contributed by atoms with Gasteiger partial charge in [0.15, 0.2) is 17.5 Å². The highest BCUT2D eigenvalue weighted by atomic mass is 16.3. The van der Waals surface area contributed by atoms with Crippen LogP contribution >= 0.6 is 0 Å². The third kappa shape index (κ3) is 4.53. The van der Waals surface area contributed by atoms with Gasteiger partial charge in [-0.25, -0.2) is 15.0 Å². The first-order chi connectivity index (χ1) is 25.7. The van der Waals surface area contributed by atoms with Crippen LogP contribution in [0.2, 0.25) is 0 Å². The average Bonchev–Trinajstić information content (AvgIpc) is 3.79. The van der Waals surface area contributed by atoms with Gasteiger partial charge in [-0.05, 0) is 70.3 Å². The highest BCUT2D eigenvalue weighted by Crippen LogP contribution is 2.42. The Balaban J connectivity index is 1.11. The summed E-state index contributed by atoms with van der Waals surface area (Å²) in [5, 5.41) is 7.92. The molecule has 0 saturated carbocycles. The van der Waals surface area contributed by atoms with E-state index in [-0.39, 0.29) is 0 Å². The van der Waals surface area contributed by atoms with E-state index < -0.39 is 0 Å². The fourth-order valence-electron chi connectivity index (χ4n) is 7.93. The number of fused-ring (bicyclic) bond motifs is 9. The second-order valence-corrected chi connectivity index (χ2v) is 13.4. The van der Waals surface area contributed by atoms with E-state index >= 15 is 0 Å². The maximum Gasteiger partial charge on any atom is 0.164 e. The van der Waals surface area contributed by atoms with Crippen LogP contribution < -0.4 is 0 Å². The predicted octanol–water partition coefficient (Wildman–Crippen LogP) is 12.2. The van der Waals surface area contributed by atoms with Crippen molar-refractivity contribution in [1.82, 2.24) is 15.0 Å². The lowest BCUT2D eigenvalue weighted by Crippen LogP contribution is -2.00. The van der Waals surface area contributed by atoms with Crippen molar-refractivity contribution < 1.29 is 8.83 Å². The van der Waals surface area contributed by atoms with Crippen molar-refractivity contribution in [3.05, 3.63) is 169 Å². The molecule has 7 aromatic carbocycles. The molecule has 1 aliphatic rings. The summed E-state index contributed by atoms with van der Waals surface area (Å²) in [6.07, 6.45) is 4.23. The number of aromatic nitrogens is 3. The van der Waals surface area contributed by atoms with Crippen LogP contribution in [0.4, 0.5) is 0 Å². The summed E-state index contributed by atoms with van der Waals surface area (Å²) in [4.78, 5) is 15.4. The van der Waals surface area contributed by atoms with Gasteiger partial charge < -0.3 is 8.83 Å². The molecule has 5 nitrogen and oxygen atoms in total. The summed E-state index contributed by atoms with van der Waals surface area (Å²) in [7, 11) is 0. The van der Waals surface area contributed by atoms with E-state index in [1.807, 2.05) is 48.5 Å². The number of aryl methyl sites for hydroxylation is 1. The number of benzene rings is 7. The van der Waals surface area contributed by atoms with Crippen molar-refractivity contribution in [2.24, 2.45) is 0 Å². The summed E-state index contributed by atoms with van der Waals surface area (Å²) < 4.78 is 13.0. The van der Waals surface area contributed by atoms with Gasteiger partial charge in [0.25, 0.3) is 0 Å². The molecule has 5 heteroatoms. The van der Waals surface area contributed by atoms with Gasteiger partial charge in [0.1, 0.15) is 22.5 Å². The van der Waals surface area contributed by atoms with Gasteiger partial charge in [0.05, 0.1) is 0 Å². The standard InChI is InChI=1S/C47H29N3O2/c1-2-11-30(12-3-1)45-48-46(32-23-22-29-21-20-28-10-4-5-13-33(28)38(29)27-32)50-47(49-45)37-17-9-19-42-43(37)39-26-31(24-25-41(39)51-42)34-15-8-16-36-35-14-6-7-18-40(35)52-44(34)36/h1-7,9-15,17-27H,8,16H2. The van der Waals surface area contributed by atoms with Crippen molar-refractivity contribution in [3.8, 4) is 34.2 Å². The van der Waals surface area contributed by atoms with Crippen LogP contribution in [0, 0.1) is 0 Å². The fourth-order valence-corrected chi connectivity index (χ4v) is 7.93. The molecule has 0 amide bonds. The Kier molecular flexibility index (Phi) is 6.31. The fraction of sp³-hybridized carbons (Fsp3) is 0.0426. The van der Waals surface area contributed by atoms with Gasteiger partial charge in [-0.3, -0.25) is 0 Å². The molecular formula is C47H29N3O2. The molecule has 52 heavy (non-hydrogen) atoms. The molecule has 3 heterocycles. The van der Waals surface area contributed by atoms with Crippen LogP contribution in [0.25, 0.3) is 94.2 Å². The van der Waals surface area contributed by atoms with Gasteiger partial charge in [-0.15, -0.1) is 0 Å². The minimum absolute atomic E-state index is 0.594. The molecule has 3 aromatic heterocycles. The molecule has 0 fully saturated rings. The largest absolute Gasteiger partial charge is 0.456 e. The molecule has 11 rings (SSSR count). The van der Waals surface area contributed by atoms with E-state index in [1.54, 1.807) is 0 Å². The first-order valence-electron chi connectivity index (χ1n) is 17.7. The number of hydrogen-bond acceptors (Lipinski definition) is 5. The minimum Gasteiger partial charge on any atom is -0.456 e. The first-order valence-corrected chi connectivity index (χ1v) is 17.7. The lowest BCUT2D eigenvalue weighted by molar-refractivity contribution is 0.591. The van der Waals surface area contributed by atoms with Gasteiger partial charge in [0, 0.05) is 44.0 Å². The molecule has 10 aromatic rings. The number of para-hydroxylation sites is 1. The predicted molar refractivity (Wildman–Crippen MR) is 210 cm³/mol. The molecule has 0 saturated heterocycles. The first kappa shape index (κ1) is 28.9. The van der Waals surface area contributed by atoms with E-state index in [0.717, 1.165) is 74.0 Å². The Bertz CT molecular complexity index is 3080. The summed E-state index contributed by atoms with van der Waals surface area (Å²) in [5.74, 6) is 2.79. The van der Waals surface area contributed by atoms with Crippen molar-refractivity contribution >= 4 is 60.0 Å². The Hall–Kier alpha value is -6.85. The molecule has 0 spiro atoms. The van der Waals surface area contributed by atoms with Crippen LogP contribution in [0.3, 0.4) is 0 Å². The van der Waals surface area contributed by atoms with E-state index in [4.69, 9.17) is 23.8 Å². The smallest absolute Gasteiger partial charge is 0.164 e. The van der Waals surface area contributed by atoms with E-state index in [0.29, 0.717) is 17.5 Å². The Morgan fingerprint density at radius 3 is 2.02 bits per heavy atom. The van der Waals surface area contributed by atoms with Crippen LogP contribution in [0.1, 0.15) is 23.3 Å². The van der Waals surface area contributed by atoms with Gasteiger partial charge in [-0.1, -0.05) is 121 Å². The van der Waals surface area contributed by atoms with Crippen LogP contribution in [-0.4, -0.2) is 15.0 Å². The summed E-state index contributed by atoms with van der Waals surface area (Å²) >= 11 is 0. The number of hydrogen-bond donors (Lipinski definition) is 0. The normalized spacial score (nSPS) is 13.0. The van der Waals surface area contributed by atoms with Crippen molar-refractivity contribution in [2.75, 3.05) is 0 Å². The number of furan rings is 2. The lowest BCUT2D eigenvalue weighted by Gasteiger charge is -2.13. The SMILES string of the molecule is C1=C(c2ccc3oc4cccc(-c5nc(-c6ccccc6)nc(-c6ccc7ccc8ccccc8c7c6)n5)c4c3c2)c2oc3ccccc3c2CC1. The highest BCUT2D eigenvalue weighted by Gasteiger charge is 2.23. The summed E-state index contributed by atoms with van der Waals surface area (Å²) in [6, 6.07) is 50.3. The number of nitrogens with zero attached hydrogens (tertiary/aromatic N) is 3. The number of allylic oxidation sites excluding steroid dienone is 1. The van der Waals surface area contributed by atoms with Gasteiger partial charge in [0.2, 0.25) is 0 Å². The van der Waals surface area contributed by atoms with Crippen LogP contribution in [0.5, 0.6) is 0 Å². The molecule has 0 unspecified atom stereocenters. The number of rotatable bonds is 4. The summed E-state index contributed by atoms with van der Waals surface area (Å²) in [5.41, 5.74) is 8.76. The van der Waals surface area contributed by atoms with Crippen molar-refractivity contribution in [3.63, 3.8) is 0 Å². The maximum absolute atomic E-state index is 6.48. The zero-order chi connectivity index (χ0) is 34.2. The maximum atomic E-state index is 6.48. The van der Waals surface area contributed by atoms with E-state index in [9.17, 15) is 0 Å². The second kappa shape index (κ2) is 11.3. The van der Waals surface area contributed by atoms with Gasteiger partial charge in [-0.2, -0.15) is 0 Å². The Morgan fingerprint density at radius 1 is 0.442 bits per heavy atom. The second-order valence-electron chi connectivity index (χ2n) is 13.4. The molecular weight excluding hydrogens is 639 g/mol. The average molecular weight is 668 g/mol. The third-order valence-corrected chi connectivity index (χ3v) is 10.4. The van der Waals surface area contributed by atoms with Crippen LogP contribution in [-0.2, 0) is 6.42 Å². The molecule has 0 radical (unpaired) electrons. The zero-order valence-electron chi connectivity index (χ0n) is 28.0. The van der Waals surface area contributed by atoms with Gasteiger partial charge >= 0.3 is 0 Å². The monoisotopic (exact) mass is 667 g/mol. The highest BCUT2D eigenvalue weighted by molar-refractivity contribution is 6.13. The lowest BCUT2D eigenvalue weighted by atomic mass is 9.90. The molecule has 0 N–H and O–H groups in total. The van der Waals surface area contributed by atoms with E-state index in [1.165, 1.54) is 32.5 Å². The molecule has 0 bridgehead atoms. The van der Waals surface area contributed by atoms with Crippen LogP contribution in [0.15, 0.2) is 161 Å². The molecule has 244 valence electrons. The molecule has 0 aliphatic heterocycles. The topological polar surface area (TPSA) is 65.0 Å². The van der Waals surface area contributed by atoms with E-state index in [2.05, 4.69) is 103 Å². The Morgan fingerprint density at radius 2 is 1.12 bits per heavy atom. The quantitative estimate of drug-likeness (QED) is 0.175. The molecule has 1 aliphatic carbocycles. The van der Waals surface area contributed by atoms with Crippen molar-refractivity contribution in [2.45, 2.75) is 12.8 Å². The third-order valence-electron chi connectivity index (χ3n) is 10.4. The van der Waals surface area contributed by atoms with Crippen molar-refractivity contribution in [1.29, 1.82) is 0 Å². The Labute approximate surface area is 298 Å². The summed E-state index contributed by atoms with van der Waals surface area (Å²) in [6.45, 7) is 0. The zero-order valence-corrected chi connectivity index (χ0v) is 28.0. The molecule has 0 atom stereocenters. The minimum atomic E-state index is 0.594.